The van der Waals surface area contributed by atoms with Gasteiger partial charge in [-0.3, -0.25) is 4.79 Å². The molecule has 0 aliphatic rings. The number of Topliss-reactive ketones (excluding diaryl/α,β-unsaturated/α-hetero) is 1. The van der Waals surface area contributed by atoms with Crippen molar-refractivity contribution in [3.8, 4) is 5.75 Å². The summed E-state index contributed by atoms with van der Waals surface area (Å²) in [4.78, 5) is 11.3. The number of halogens is 2. The van der Waals surface area contributed by atoms with E-state index in [1.807, 2.05) is 30.3 Å². The summed E-state index contributed by atoms with van der Waals surface area (Å²) in [6.45, 7) is 2.04. The molecule has 0 spiro atoms. The maximum atomic E-state index is 11.3. The fourth-order valence-electron chi connectivity index (χ4n) is 1.66. The molecular weight excluding hydrogens is 372 g/mol. The molecular formula is C15H12Br2O2. The van der Waals surface area contributed by atoms with Gasteiger partial charge >= 0.3 is 0 Å². The number of ketones is 1. The molecule has 98 valence electrons. The van der Waals surface area contributed by atoms with Crippen LogP contribution in [0.25, 0.3) is 0 Å². The third kappa shape index (κ3) is 3.91. The van der Waals surface area contributed by atoms with E-state index in [-0.39, 0.29) is 5.78 Å². The minimum absolute atomic E-state index is 0.0328. The summed E-state index contributed by atoms with van der Waals surface area (Å²) < 4.78 is 7.49. The van der Waals surface area contributed by atoms with Crippen LogP contribution in [0.1, 0.15) is 22.8 Å². The second kappa shape index (κ2) is 6.35. The van der Waals surface area contributed by atoms with Crippen molar-refractivity contribution in [2.24, 2.45) is 0 Å². The first-order chi connectivity index (χ1) is 9.06. The quantitative estimate of drug-likeness (QED) is 0.695. The lowest BCUT2D eigenvalue weighted by Gasteiger charge is -2.08. The number of carbonyl (C=O) groups is 1. The van der Waals surface area contributed by atoms with Crippen molar-refractivity contribution in [2.75, 3.05) is 0 Å². The van der Waals surface area contributed by atoms with Gasteiger partial charge in [-0.15, -0.1) is 0 Å². The van der Waals surface area contributed by atoms with Gasteiger partial charge in [-0.2, -0.15) is 0 Å². The van der Waals surface area contributed by atoms with Gasteiger partial charge in [-0.05, 0) is 58.7 Å². The van der Waals surface area contributed by atoms with E-state index < -0.39 is 0 Å². The summed E-state index contributed by atoms with van der Waals surface area (Å²) in [6, 6.07) is 13.3. The third-order valence-electron chi connectivity index (χ3n) is 2.61. The number of benzene rings is 2. The normalized spacial score (nSPS) is 10.3. The van der Waals surface area contributed by atoms with E-state index in [0.29, 0.717) is 12.2 Å². The molecule has 19 heavy (non-hydrogen) atoms. The molecule has 0 radical (unpaired) electrons. The molecule has 2 nitrogen and oxygen atoms in total. The number of rotatable bonds is 4. The van der Waals surface area contributed by atoms with Crippen LogP contribution >= 0.6 is 31.9 Å². The lowest BCUT2D eigenvalue weighted by atomic mass is 10.1. The number of carbonyl (C=O) groups excluding carboxylic acids is 1. The monoisotopic (exact) mass is 382 g/mol. The molecule has 0 amide bonds. The average molecular weight is 384 g/mol. The van der Waals surface area contributed by atoms with Gasteiger partial charge in [0.05, 0.1) is 0 Å². The molecule has 0 atom stereocenters. The fourth-order valence-corrected chi connectivity index (χ4v) is 2.75. The molecule has 0 aromatic heterocycles. The minimum atomic E-state index is 0.0328. The van der Waals surface area contributed by atoms with Crippen LogP contribution in [-0.4, -0.2) is 5.78 Å². The molecule has 4 heteroatoms. The van der Waals surface area contributed by atoms with Crippen molar-refractivity contribution < 1.29 is 9.53 Å². The highest BCUT2D eigenvalue weighted by molar-refractivity contribution is 9.10. The lowest BCUT2D eigenvalue weighted by molar-refractivity contribution is 0.101. The maximum Gasteiger partial charge on any atom is 0.160 e. The van der Waals surface area contributed by atoms with Crippen LogP contribution < -0.4 is 4.74 Å². The van der Waals surface area contributed by atoms with Crippen LogP contribution in [0.2, 0.25) is 0 Å². The Balaban J connectivity index is 2.08. The van der Waals surface area contributed by atoms with E-state index in [0.717, 1.165) is 20.3 Å². The molecule has 0 bridgehead atoms. The van der Waals surface area contributed by atoms with Crippen LogP contribution in [0.3, 0.4) is 0 Å². The molecule has 0 heterocycles. The highest BCUT2D eigenvalue weighted by Gasteiger charge is 2.06. The zero-order valence-electron chi connectivity index (χ0n) is 10.3. The largest absolute Gasteiger partial charge is 0.489 e. The van der Waals surface area contributed by atoms with Gasteiger partial charge in [0.15, 0.2) is 5.78 Å². The summed E-state index contributed by atoms with van der Waals surface area (Å²) in [7, 11) is 0. The molecule has 0 saturated carbocycles. The highest BCUT2D eigenvalue weighted by atomic mass is 79.9. The zero-order valence-corrected chi connectivity index (χ0v) is 13.5. The first-order valence-electron chi connectivity index (χ1n) is 5.74. The first-order valence-corrected chi connectivity index (χ1v) is 7.32. The molecule has 0 aliphatic carbocycles. The van der Waals surface area contributed by atoms with Crippen LogP contribution in [0, 0.1) is 0 Å². The predicted octanol–water partition coefficient (Wildman–Crippen LogP) is 4.99. The Morgan fingerprint density at radius 2 is 1.95 bits per heavy atom. The fraction of sp³-hybridized carbons (Fsp3) is 0.133. The molecule has 0 aliphatic heterocycles. The van der Waals surface area contributed by atoms with Crippen LogP contribution in [0.5, 0.6) is 5.75 Å². The van der Waals surface area contributed by atoms with Crippen molar-refractivity contribution in [1.29, 1.82) is 0 Å². The van der Waals surface area contributed by atoms with E-state index in [1.54, 1.807) is 19.1 Å². The SMILES string of the molecule is CC(=O)c1ccc(OCc2cccc(Br)c2)cc1Br. The van der Waals surface area contributed by atoms with Crippen LogP contribution in [0.4, 0.5) is 0 Å². The van der Waals surface area contributed by atoms with E-state index in [4.69, 9.17) is 4.74 Å². The zero-order chi connectivity index (χ0) is 13.8. The van der Waals surface area contributed by atoms with E-state index >= 15 is 0 Å². The first kappa shape index (κ1) is 14.3. The van der Waals surface area contributed by atoms with Crippen molar-refractivity contribution in [3.63, 3.8) is 0 Å². The van der Waals surface area contributed by atoms with Crippen LogP contribution in [-0.2, 0) is 6.61 Å². The Bertz CT molecular complexity index is 609. The Hall–Kier alpha value is -1.13. The summed E-state index contributed by atoms with van der Waals surface area (Å²) >= 11 is 6.80. The van der Waals surface area contributed by atoms with Crippen molar-refractivity contribution in [2.45, 2.75) is 13.5 Å². The summed E-state index contributed by atoms with van der Waals surface area (Å²) in [5.74, 6) is 0.766. The summed E-state index contributed by atoms with van der Waals surface area (Å²) in [6.07, 6.45) is 0. The molecule has 0 saturated heterocycles. The van der Waals surface area contributed by atoms with Gasteiger partial charge < -0.3 is 4.74 Å². The second-order valence-electron chi connectivity index (χ2n) is 4.12. The Morgan fingerprint density at radius 3 is 2.58 bits per heavy atom. The molecule has 2 rings (SSSR count). The molecule has 0 fully saturated rings. The standard InChI is InChI=1S/C15H12Br2O2/c1-10(18)14-6-5-13(8-15(14)17)19-9-11-3-2-4-12(16)7-11/h2-8H,9H2,1H3. The van der Waals surface area contributed by atoms with Gasteiger partial charge in [-0.25, -0.2) is 0 Å². The van der Waals surface area contributed by atoms with Crippen LogP contribution in [0.15, 0.2) is 51.4 Å². The molecule has 2 aromatic carbocycles. The average Bonchev–Trinajstić information content (AvgIpc) is 2.36. The van der Waals surface area contributed by atoms with Gasteiger partial charge in [0, 0.05) is 14.5 Å². The Labute approximate surface area is 129 Å². The Kier molecular flexibility index (Phi) is 4.77. The van der Waals surface area contributed by atoms with E-state index in [9.17, 15) is 4.79 Å². The lowest BCUT2D eigenvalue weighted by Crippen LogP contribution is -1.98. The van der Waals surface area contributed by atoms with Crippen molar-refractivity contribution >= 4 is 37.6 Å². The topological polar surface area (TPSA) is 26.3 Å². The second-order valence-corrected chi connectivity index (χ2v) is 5.89. The van der Waals surface area contributed by atoms with Crippen molar-refractivity contribution in [3.05, 3.63) is 62.5 Å². The third-order valence-corrected chi connectivity index (χ3v) is 3.76. The van der Waals surface area contributed by atoms with Gasteiger partial charge in [0.2, 0.25) is 0 Å². The van der Waals surface area contributed by atoms with Gasteiger partial charge in [0.25, 0.3) is 0 Å². The molecule has 0 N–H and O–H groups in total. The summed E-state index contributed by atoms with van der Waals surface area (Å²) in [5, 5.41) is 0. The summed E-state index contributed by atoms with van der Waals surface area (Å²) in [5.41, 5.74) is 1.75. The van der Waals surface area contributed by atoms with E-state index in [2.05, 4.69) is 31.9 Å². The van der Waals surface area contributed by atoms with Crippen molar-refractivity contribution in [1.82, 2.24) is 0 Å². The predicted molar refractivity (Wildman–Crippen MR) is 82.6 cm³/mol. The smallest absolute Gasteiger partial charge is 0.160 e. The minimum Gasteiger partial charge on any atom is -0.489 e. The highest BCUT2D eigenvalue weighted by Crippen LogP contribution is 2.24. The maximum absolute atomic E-state index is 11.3. The Morgan fingerprint density at radius 1 is 1.16 bits per heavy atom. The van der Waals surface area contributed by atoms with Gasteiger partial charge in [-0.1, -0.05) is 28.1 Å². The number of ether oxygens (including phenoxy) is 1. The molecule has 2 aromatic rings. The number of hydrogen-bond acceptors (Lipinski definition) is 2. The van der Waals surface area contributed by atoms with Gasteiger partial charge in [0.1, 0.15) is 12.4 Å². The van der Waals surface area contributed by atoms with E-state index in [1.165, 1.54) is 0 Å². The molecule has 0 unspecified atom stereocenters. The number of hydrogen-bond donors (Lipinski definition) is 0.